The second-order valence-corrected chi connectivity index (χ2v) is 10.4. The van der Waals surface area contributed by atoms with Crippen molar-refractivity contribution in [2.45, 2.75) is 155 Å². The molecule has 1 nitrogen and oxygen atoms in total. The predicted molar refractivity (Wildman–Crippen MR) is 135 cm³/mol. The lowest BCUT2D eigenvalue weighted by molar-refractivity contribution is -0.0346. The molecule has 1 heteroatoms. The smallest absolute Gasteiger partial charge is 0.0195 e. The Bertz CT molecular complexity index is 393. The highest BCUT2D eigenvalue weighted by Gasteiger charge is 2.40. The molecule has 0 spiro atoms. The van der Waals surface area contributed by atoms with E-state index in [2.05, 4.69) is 71.8 Å². The fourth-order valence-electron chi connectivity index (χ4n) is 5.20. The van der Waals surface area contributed by atoms with E-state index in [9.17, 15) is 0 Å². The first kappa shape index (κ1) is 28.4. The van der Waals surface area contributed by atoms with Crippen molar-refractivity contribution in [3.8, 4) is 0 Å². The zero-order chi connectivity index (χ0) is 22.2. The summed E-state index contributed by atoms with van der Waals surface area (Å²) in [5.41, 5.74) is 0.322. The number of hydrogen-bond acceptors (Lipinski definition) is 1. The highest BCUT2D eigenvalue weighted by Crippen LogP contribution is 2.37. The Hall–Kier alpha value is -0.560. The zero-order valence-corrected chi connectivity index (χ0v) is 21.2. The van der Waals surface area contributed by atoms with E-state index >= 15 is 0 Å². The Labute approximate surface area is 185 Å². The van der Waals surface area contributed by atoms with Crippen molar-refractivity contribution in [1.29, 1.82) is 0 Å². The van der Waals surface area contributed by atoms with Gasteiger partial charge >= 0.3 is 0 Å². The van der Waals surface area contributed by atoms with Crippen molar-refractivity contribution in [3.05, 3.63) is 25.3 Å². The van der Waals surface area contributed by atoms with E-state index in [4.69, 9.17) is 0 Å². The van der Waals surface area contributed by atoms with Gasteiger partial charge in [-0.25, -0.2) is 0 Å². The molecule has 0 unspecified atom stereocenters. The first-order valence-electron chi connectivity index (χ1n) is 12.8. The summed E-state index contributed by atoms with van der Waals surface area (Å²) in [5, 5.41) is 0. The third-order valence-electron chi connectivity index (χ3n) is 6.56. The summed E-state index contributed by atoms with van der Waals surface area (Å²) in [6, 6.07) is 0.674. The molecule has 0 heterocycles. The van der Waals surface area contributed by atoms with E-state index in [0.717, 1.165) is 12.8 Å². The molecule has 0 aliphatic heterocycles. The van der Waals surface area contributed by atoms with Crippen LogP contribution in [0.15, 0.2) is 25.3 Å². The summed E-state index contributed by atoms with van der Waals surface area (Å²) in [5.74, 6) is 0. The summed E-state index contributed by atoms with van der Waals surface area (Å²) < 4.78 is 0. The summed E-state index contributed by atoms with van der Waals surface area (Å²) in [6.07, 6.45) is 24.0. The van der Waals surface area contributed by atoms with Gasteiger partial charge in [0.1, 0.15) is 0 Å². The number of nitrogens with zero attached hydrogens (tertiary/aromatic N) is 1. The van der Waals surface area contributed by atoms with Crippen LogP contribution in [-0.2, 0) is 0 Å². The molecule has 0 aliphatic rings. The second-order valence-electron chi connectivity index (χ2n) is 10.4. The van der Waals surface area contributed by atoms with Crippen molar-refractivity contribution in [1.82, 2.24) is 4.90 Å². The van der Waals surface area contributed by atoms with Crippen molar-refractivity contribution in [2.75, 3.05) is 0 Å². The third-order valence-corrected chi connectivity index (χ3v) is 6.56. The highest BCUT2D eigenvalue weighted by molar-refractivity contribution is 4.99. The van der Waals surface area contributed by atoms with Crippen molar-refractivity contribution in [3.63, 3.8) is 0 Å². The van der Waals surface area contributed by atoms with Crippen LogP contribution < -0.4 is 0 Å². The van der Waals surface area contributed by atoms with Crippen LogP contribution in [-0.4, -0.2) is 22.0 Å². The van der Waals surface area contributed by atoms with Gasteiger partial charge in [0, 0.05) is 17.1 Å². The lowest BCUT2D eigenvalue weighted by Gasteiger charge is -2.53. The molecule has 0 aromatic rings. The standard InChI is InChI=1S/C28H55N/c1-9-13-16-18-20-22-26(23-21-19-17-14-10-2)29(27(5,6)24-12-4)28(7,8)25-15-11-3/h11-12,26H,3-4,9-10,13-25H2,1-2,5-8H3. The molecule has 0 rings (SSSR count). The van der Waals surface area contributed by atoms with Gasteiger partial charge in [0.05, 0.1) is 0 Å². The van der Waals surface area contributed by atoms with E-state index in [0.29, 0.717) is 6.04 Å². The van der Waals surface area contributed by atoms with Crippen LogP contribution in [0.4, 0.5) is 0 Å². The molecule has 0 N–H and O–H groups in total. The molecule has 0 aromatic heterocycles. The molecule has 0 atom stereocenters. The fourth-order valence-corrected chi connectivity index (χ4v) is 5.20. The number of allylic oxidation sites excluding steroid dienone is 1. The minimum atomic E-state index is 0.143. The van der Waals surface area contributed by atoms with Gasteiger partial charge in [-0.1, -0.05) is 90.2 Å². The van der Waals surface area contributed by atoms with Crippen LogP contribution in [0.1, 0.15) is 138 Å². The molecule has 0 aliphatic carbocycles. The molecule has 0 saturated heterocycles. The lowest BCUT2D eigenvalue weighted by Crippen LogP contribution is -2.59. The van der Waals surface area contributed by atoms with Crippen molar-refractivity contribution >= 4 is 0 Å². The zero-order valence-electron chi connectivity index (χ0n) is 21.2. The molecule has 0 bridgehead atoms. The Morgan fingerprint density at radius 3 is 1.59 bits per heavy atom. The van der Waals surface area contributed by atoms with Crippen LogP contribution in [0.25, 0.3) is 0 Å². The van der Waals surface area contributed by atoms with Crippen LogP contribution in [0.2, 0.25) is 0 Å². The topological polar surface area (TPSA) is 3.24 Å². The summed E-state index contributed by atoms with van der Waals surface area (Å²) >= 11 is 0. The van der Waals surface area contributed by atoms with E-state index in [1.807, 2.05) is 0 Å². The molecular weight excluding hydrogens is 350 g/mol. The summed E-state index contributed by atoms with van der Waals surface area (Å²) in [6.45, 7) is 22.5. The minimum Gasteiger partial charge on any atom is -0.290 e. The number of rotatable bonds is 20. The van der Waals surface area contributed by atoms with E-state index < -0.39 is 0 Å². The largest absolute Gasteiger partial charge is 0.290 e. The van der Waals surface area contributed by atoms with Crippen molar-refractivity contribution < 1.29 is 0 Å². The average Bonchev–Trinajstić information content (AvgIpc) is 2.65. The summed E-state index contributed by atoms with van der Waals surface area (Å²) in [4.78, 5) is 2.89. The van der Waals surface area contributed by atoms with Gasteiger partial charge in [-0.2, -0.15) is 0 Å². The molecular formula is C28H55N. The van der Waals surface area contributed by atoms with E-state index in [1.54, 1.807) is 0 Å². The Morgan fingerprint density at radius 2 is 1.17 bits per heavy atom. The van der Waals surface area contributed by atoms with Crippen molar-refractivity contribution in [2.24, 2.45) is 0 Å². The summed E-state index contributed by atoms with van der Waals surface area (Å²) in [7, 11) is 0. The van der Waals surface area contributed by atoms with Gasteiger partial charge in [0.25, 0.3) is 0 Å². The Morgan fingerprint density at radius 1 is 0.690 bits per heavy atom. The average molecular weight is 406 g/mol. The molecule has 0 saturated carbocycles. The molecule has 0 radical (unpaired) electrons. The maximum absolute atomic E-state index is 4.08. The first-order chi connectivity index (χ1) is 13.8. The van der Waals surface area contributed by atoms with Gasteiger partial charge in [-0.3, -0.25) is 4.90 Å². The van der Waals surface area contributed by atoms with Crippen LogP contribution in [0, 0.1) is 0 Å². The molecule has 0 aromatic carbocycles. The molecule has 0 amide bonds. The van der Waals surface area contributed by atoms with Crippen LogP contribution in [0.5, 0.6) is 0 Å². The fraction of sp³-hybridized carbons (Fsp3) is 0.857. The van der Waals surface area contributed by atoms with Gasteiger partial charge in [0.2, 0.25) is 0 Å². The molecule has 0 fully saturated rings. The quantitative estimate of drug-likeness (QED) is 0.144. The number of unbranched alkanes of at least 4 members (excludes halogenated alkanes) is 8. The molecule has 172 valence electrons. The lowest BCUT2D eigenvalue weighted by atomic mass is 9.83. The minimum absolute atomic E-state index is 0.143. The Kier molecular flexibility index (Phi) is 15.9. The van der Waals surface area contributed by atoms with Crippen LogP contribution >= 0.6 is 0 Å². The van der Waals surface area contributed by atoms with Gasteiger partial charge in [0.15, 0.2) is 0 Å². The predicted octanol–water partition coefficient (Wildman–Crippen LogP) is 9.48. The third kappa shape index (κ3) is 12.0. The SMILES string of the molecule is C=CCCC(C)(C)N(C(CCCCCCC)CCCCCCC)C(C)(C)CC=C. The van der Waals surface area contributed by atoms with E-state index in [1.165, 1.54) is 83.5 Å². The normalized spacial score (nSPS) is 12.7. The maximum atomic E-state index is 4.08. The van der Waals surface area contributed by atoms with E-state index in [-0.39, 0.29) is 11.1 Å². The van der Waals surface area contributed by atoms with Gasteiger partial charge < -0.3 is 0 Å². The Balaban J connectivity index is 5.40. The second kappa shape index (κ2) is 16.2. The molecule has 29 heavy (non-hydrogen) atoms. The van der Waals surface area contributed by atoms with Gasteiger partial charge in [-0.05, 0) is 59.8 Å². The highest BCUT2D eigenvalue weighted by atomic mass is 15.3. The van der Waals surface area contributed by atoms with Crippen LogP contribution in [0.3, 0.4) is 0 Å². The van der Waals surface area contributed by atoms with Gasteiger partial charge in [-0.15, -0.1) is 13.2 Å². The number of hydrogen-bond donors (Lipinski definition) is 0. The first-order valence-corrected chi connectivity index (χ1v) is 12.8. The monoisotopic (exact) mass is 405 g/mol. The maximum Gasteiger partial charge on any atom is 0.0195 e.